The van der Waals surface area contributed by atoms with Crippen LogP contribution < -0.4 is 5.73 Å². The molecule has 3 rings (SSSR count). The smallest absolute Gasteiger partial charge is 0.248 e. The number of benzene rings is 3. The fourth-order valence-corrected chi connectivity index (χ4v) is 2.03. The Morgan fingerprint density at radius 2 is 1.71 bits per heavy atom. The van der Waals surface area contributed by atoms with Gasteiger partial charge in [-0.25, -0.2) is 0 Å². The average Bonchev–Trinajstić information content (AvgIpc) is 2.35. The molecule has 0 heterocycles. The van der Waals surface area contributed by atoms with Gasteiger partial charge in [0.15, 0.2) is 0 Å². The lowest BCUT2D eigenvalue weighted by molar-refractivity contribution is 0.100. The van der Waals surface area contributed by atoms with E-state index in [2.05, 4.69) is 18.2 Å². The molecule has 0 spiro atoms. The molecule has 2 N–H and O–H groups in total. The summed E-state index contributed by atoms with van der Waals surface area (Å²) in [6, 6.07) is 18.5. The third kappa shape index (κ3) is 1.64. The van der Waals surface area contributed by atoms with E-state index in [1.54, 1.807) is 6.07 Å². The van der Waals surface area contributed by atoms with Gasteiger partial charge in [-0.1, -0.05) is 18.2 Å². The first-order valence-corrected chi connectivity index (χ1v) is 5.37. The first-order valence-electron chi connectivity index (χ1n) is 5.37. The maximum Gasteiger partial charge on any atom is 0.248 e. The summed E-state index contributed by atoms with van der Waals surface area (Å²) in [5.74, 6) is -0.395. The lowest BCUT2D eigenvalue weighted by atomic mass is 10.0. The summed E-state index contributed by atoms with van der Waals surface area (Å²) >= 11 is 0. The van der Waals surface area contributed by atoms with Crippen molar-refractivity contribution in [1.29, 1.82) is 0 Å². The molecule has 1 radical (unpaired) electrons. The third-order valence-corrected chi connectivity index (χ3v) is 2.92. The quantitative estimate of drug-likeness (QED) is 0.629. The van der Waals surface area contributed by atoms with E-state index >= 15 is 0 Å². The highest BCUT2D eigenvalue weighted by molar-refractivity contribution is 6.02. The van der Waals surface area contributed by atoms with Crippen molar-refractivity contribution in [1.82, 2.24) is 0 Å². The SMILES string of the molecule is NC(=O)c1ccc2cc3c[c]ccc3cc2c1. The van der Waals surface area contributed by atoms with E-state index in [1.165, 1.54) is 0 Å². The molecule has 2 heteroatoms. The first-order chi connectivity index (χ1) is 8.24. The van der Waals surface area contributed by atoms with E-state index in [9.17, 15) is 4.79 Å². The predicted octanol–water partition coefficient (Wildman–Crippen LogP) is 2.89. The van der Waals surface area contributed by atoms with E-state index in [1.807, 2.05) is 30.3 Å². The topological polar surface area (TPSA) is 43.1 Å². The standard InChI is InChI=1S/C15H10NO/c16-15(17)13-6-5-12-7-10-3-1-2-4-11(10)8-14(12)9-13/h2-9H,(H2,16,17). The molecule has 0 fully saturated rings. The molecule has 0 saturated heterocycles. The van der Waals surface area contributed by atoms with Gasteiger partial charge < -0.3 is 5.73 Å². The summed E-state index contributed by atoms with van der Waals surface area (Å²) < 4.78 is 0. The number of amides is 1. The normalized spacial score (nSPS) is 10.8. The Morgan fingerprint density at radius 1 is 0.941 bits per heavy atom. The fourth-order valence-electron chi connectivity index (χ4n) is 2.03. The van der Waals surface area contributed by atoms with Gasteiger partial charge in [0.25, 0.3) is 0 Å². The molecule has 0 aliphatic carbocycles. The second kappa shape index (κ2) is 3.59. The number of hydrogen-bond donors (Lipinski definition) is 1. The van der Waals surface area contributed by atoms with Crippen LogP contribution in [-0.4, -0.2) is 5.91 Å². The molecule has 0 aliphatic heterocycles. The molecule has 2 nitrogen and oxygen atoms in total. The van der Waals surface area contributed by atoms with Crippen molar-refractivity contribution in [2.24, 2.45) is 5.73 Å². The van der Waals surface area contributed by atoms with Gasteiger partial charge in [-0.15, -0.1) is 0 Å². The zero-order valence-corrected chi connectivity index (χ0v) is 9.10. The molecule has 0 aromatic heterocycles. The largest absolute Gasteiger partial charge is 0.366 e. The van der Waals surface area contributed by atoms with Crippen LogP contribution >= 0.6 is 0 Å². The van der Waals surface area contributed by atoms with Gasteiger partial charge in [0, 0.05) is 5.56 Å². The molecule has 1 amide bonds. The van der Waals surface area contributed by atoms with Crippen molar-refractivity contribution >= 4 is 27.5 Å². The van der Waals surface area contributed by atoms with Gasteiger partial charge in [-0.2, -0.15) is 0 Å². The molecule has 0 unspecified atom stereocenters. The average molecular weight is 220 g/mol. The molecule has 17 heavy (non-hydrogen) atoms. The van der Waals surface area contributed by atoms with Crippen LogP contribution in [-0.2, 0) is 0 Å². The summed E-state index contributed by atoms with van der Waals surface area (Å²) in [5, 5.41) is 4.41. The minimum absolute atomic E-state index is 0.395. The summed E-state index contributed by atoms with van der Waals surface area (Å²) in [6.45, 7) is 0. The molecule has 0 atom stereocenters. The van der Waals surface area contributed by atoms with Gasteiger partial charge in [-0.3, -0.25) is 4.79 Å². The van der Waals surface area contributed by atoms with E-state index in [0.29, 0.717) is 5.56 Å². The maximum absolute atomic E-state index is 11.1. The third-order valence-electron chi connectivity index (χ3n) is 2.92. The van der Waals surface area contributed by atoms with Crippen LogP contribution in [0.5, 0.6) is 0 Å². The van der Waals surface area contributed by atoms with Crippen LogP contribution in [0.25, 0.3) is 21.5 Å². The minimum atomic E-state index is -0.395. The van der Waals surface area contributed by atoms with Gasteiger partial charge in [0.1, 0.15) is 0 Å². The number of fused-ring (bicyclic) bond motifs is 2. The molecule has 81 valence electrons. The lowest BCUT2D eigenvalue weighted by Gasteiger charge is -2.03. The van der Waals surface area contributed by atoms with Crippen LogP contribution in [0.4, 0.5) is 0 Å². The number of primary amides is 1. The Bertz CT molecular complexity index is 731. The Hall–Kier alpha value is -2.35. The van der Waals surface area contributed by atoms with Crippen LogP contribution in [0.1, 0.15) is 10.4 Å². The summed E-state index contributed by atoms with van der Waals surface area (Å²) in [6.07, 6.45) is 0. The molecule has 3 aromatic carbocycles. The molecule has 0 aliphatic rings. The molecule has 3 aromatic rings. The number of carbonyl (C=O) groups excluding carboxylic acids is 1. The van der Waals surface area contributed by atoms with E-state index in [0.717, 1.165) is 21.5 Å². The Morgan fingerprint density at radius 3 is 2.53 bits per heavy atom. The van der Waals surface area contributed by atoms with Crippen LogP contribution in [0.15, 0.2) is 48.5 Å². The van der Waals surface area contributed by atoms with Gasteiger partial charge >= 0.3 is 0 Å². The number of hydrogen-bond acceptors (Lipinski definition) is 1. The minimum Gasteiger partial charge on any atom is -0.366 e. The van der Waals surface area contributed by atoms with Crippen LogP contribution in [0, 0.1) is 6.07 Å². The number of nitrogens with two attached hydrogens (primary N) is 1. The molecular formula is C15H10NO. The highest BCUT2D eigenvalue weighted by Gasteiger charge is 2.02. The van der Waals surface area contributed by atoms with Gasteiger partial charge in [0.2, 0.25) is 5.91 Å². The van der Waals surface area contributed by atoms with Crippen LogP contribution in [0.2, 0.25) is 0 Å². The lowest BCUT2D eigenvalue weighted by Crippen LogP contribution is -2.10. The number of carbonyl (C=O) groups is 1. The fraction of sp³-hybridized carbons (Fsp3) is 0. The predicted molar refractivity (Wildman–Crippen MR) is 68.8 cm³/mol. The summed E-state index contributed by atoms with van der Waals surface area (Å²) in [7, 11) is 0. The Kier molecular flexibility index (Phi) is 2.08. The molecular weight excluding hydrogens is 210 g/mol. The highest BCUT2D eigenvalue weighted by Crippen LogP contribution is 2.23. The monoisotopic (exact) mass is 220 g/mol. The Labute approximate surface area is 98.7 Å². The van der Waals surface area contributed by atoms with Crippen molar-refractivity contribution in [2.75, 3.05) is 0 Å². The highest BCUT2D eigenvalue weighted by atomic mass is 16.1. The number of rotatable bonds is 1. The molecule has 0 bridgehead atoms. The second-order valence-corrected chi connectivity index (χ2v) is 4.05. The second-order valence-electron chi connectivity index (χ2n) is 4.05. The summed E-state index contributed by atoms with van der Waals surface area (Å²) in [5.41, 5.74) is 5.81. The maximum atomic E-state index is 11.1. The Balaban J connectivity index is 2.36. The molecule has 0 saturated carbocycles. The van der Waals surface area contributed by atoms with Crippen molar-refractivity contribution in [3.63, 3.8) is 0 Å². The zero-order valence-electron chi connectivity index (χ0n) is 9.10. The zero-order chi connectivity index (χ0) is 11.8. The van der Waals surface area contributed by atoms with E-state index < -0.39 is 5.91 Å². The summed E-state index contributed by atoms with van der Waals surface area (Å²) in [4.78, 5) is 11.1. The van der Waals surface area contributed by atoms with E-state index in [4.69, 9.17) is 5.73 Å². The van der Waals surface area contributed by atoms with Crippen molar-refractivity contribution in [3.8, 4) is 0 Å². The van der Waals surface area contributed by atoms with Crippen molar-refractivity contribution < 1.29 is 4.79 Å². The van der Waals surface area contributed by atoms with Gasteiger partial charge in [0.05, 0.1) is 0 Å². The van der Waals surface area contributed by atoms with Crippen LogP contribution in [0.3, 0.4) is 0 Å². The first kappa shape index (κ1) is 9.85. The van der Waals surface area contributed by atoms with Gasteiger partial charge in [-0.05, 0) is 57.9 Å². The van der Waals surface area contributed by atoms with E-state index in [-0.39, 0.29) is 0 Å². The van der Waals surface area contributed by atoms with Crippen molar-refractivity contribution in [3.05, 3.63) is 60.2 Å². The van der Waals surface area contributed by atoms with Crippen molar-refractivity contribution in [2.45, 2.75) is 0 Å².